The van der Waals surface area contributed by atoms with Gasteiger partial charge in [-0.25, -0.2) is 0 Å². The third-order valence-corrected chi connectivity index (χ3v) is 3.19. The maximum atomic E-state index is 5.61. The van der Waals surface area contributed by atoms with Gasteiger partial charge >= 0.3 is 0 Å². The molecule has 22 heavy (non-hydrogen) atoms. The van der Waals surface area contributed by atoms with Crippen LogP contribution in [-0.2, 0) is 0 Å². The van der Waals surface area contributed by atoms with Crippen LogP contribution in [0.5, 0.6) is 11.5 Å². The van der Waals surface area contributed by atoms with E-state index in [2.05, 4.69) is 24.7 Å². The van der Waals surface area contributed by atoms with Crippen LogP contribution < -0.4 is 25.0 Å². The quantitative estimate of drug-likeness (QED) is 0.472. The van der Waals surface area contributed by atoms with E-state index in [0.29, 0.717) is 18.3 Å². The van der Waals surface area contributed by atoms with Crippen molar-refractivity contribution in [3.63, 3.8) is 0 Å². The van der Waals surface area contributed by atoms with Crippen LogP contribution in [0.3, 0.4) is 0 Å². The highest BCUT2D eigenvalue weighted by molar-refractivity contribution is 7.80. The first-order chi connectivity index (χ1) is 10.6. The van der Waals surface area contributed by atoms with Gasteiger partial charge < -0.3 is 25.0 Å². The van der Waals surface area contributed by atoms with E-state index in [1.54, 1.807) is 0 Å². The number of nitrogens with one attached hydrogen (secondary N) is 3. The molecule has 0 saturated carbocycles. The van der Waals surface area contributed by atoms with Crippen LogP contribution in [0.4, 0.5) is 5.69 Å². The minimum absolute atomic E-state index is 0.596. The Balaban J connectivity index is 2.53. The fraction of sp³-hybridized carbons (Fsp3) is 0.562. The predicted molar refractivity (Wildman–Crippen MR) is 95.3 cm³/mol. The molecule has 1 aromatic rings. The number of thiocarbonyl (C=S) groups is 1. The first-order valence-electron chi connectivity index (χ1n) is 7.80. The summed E-state index contributed by atoms with van der Waals surface area (Å²) in [5.41, 5.74) is 0.891. The molecule has 0 aromatic heterocycles. The Kier molecular flexibility index (Phi) is 8.62. The Morgan fingerprint density at radius 2 is 1.82 bits per heavy atom. The summed E-state index contributed by atoms with van der Waals surface area (Å²) >= 11 is 5.31. The number of anilines is 1. The van der Waals surface area contributed by atoms with Crippen LogP contribution in [0.2, 0.25) is 0 Å². The lowest BCUT2D eigenvalue weighted by Crippen LogP contribution is -3.05. The summed E-state index contributed by atoms with van der Waals surface area (Å²) in [7, 11) is 4.29. The number of ether oxygens (including phenoxy) is 2. The van der Waals surface area contributed by atoms with Gasteiger partial charge in [-0.2, -0.15) is 0 Å². The Labute approximate surface area is 139 Å². The van der Waals surface area contributed by atoms with Gasteiger partial charge in [0.15, 0.2) is 16.6 Å². The van der Waals surface area contributed by atoms with Crippen molar-refractivity contribution in [2.45, 2.75) is 20.3 Å². The zero-order valence-corrected chi connectivity index (χ0v) is 14.8. The Morgan fingerprint density at radius 1 is 1.14 bits per heavy atom. The van der Waals surface area contributed by atoms with E-state index < -0.39 is 0 Å². The molecular weight excluding hydrogens is 298 g/mol. The molecule has 3 N–H and O–H groups in total. The molecule has 0 radical (unpaired) electrons. The fourth-order valence-corrected chi connectivity index (χ4v) is 2.17. The van der Waals surface area contributed by atoms with E-state index in [1.807, 2.05) is 32.0 Å². The lowest BCUT2D eigenvalue weighted by molar-refractivity contribution is -0.858. The first-order valence-corrected chi connectivity index (χ1v) is 8.21. The highest BCUT2D eigenvalue weighted by Crippen LogP contribution is 2.30. The summed E-state index contributed by atoms with van der Waals surface area (Å²) < 4.78 is 11.2. The van der Waals surface area contributed by atoms with Gasteiger partial charge in [0, 0.05) is 24.7 Å². The van der Waals surface area contributed by atoms with Crippen molar-refractivity contribution in [2.75, 3.05) is 45.7 Å². The number of hydrogen-bond acceptors (Lipinski definition) is 3. The molecule has 5 nitrogen and oxygen atoms in total. The summed E-state index contributed by atoms with van der Waals surface area (Å²) in [4.78, 5) is 1.44. The van der Waals surface area contributed by atoms with Gasteiger partial charge in [-0.3, -0.25) is 0 Å². The van der Waals surface area contributed by atoms with E-state index in [0.717, 1.165) is 36.7 Å². The Bertz CT molecular complexity index is 467. The minimum atomic E-state index is 0.596. The Hall–Kier alpha value is -1.53. The molecule has 0 heterocycles. The smallest absolute Gasteiger partial charge is 0.170 e. The molecule has 0 unspecified atom stereocenters. The van der Waals surface area contributed by atoms with Gasteiger partial charge in [0.2, 0.25) is 0 Å². The van der Waals surface area contributed by atoms with E-state index in [9.17, 15) is 0 Å². The van der Waals surface area contributed by atoms with E-state index >= 15 is 0 Å². The zero-order valence-electron chi connectivity index (χ0n) is 14.0. The van der Waals surface area contributed by atoms with Crippen molar-refractivity contribution < 1.29 is 14.4 Å². The lowest BCUT2D eigenvalue weighted by atomic mass is 10.2. The van der Waals surface area contributed by atoms with E-state index in [4.69, 9.17) is 21.7 Å². The van der Waals surface area contributed by atoms with E-state index in [1.165, 1.54) is 4.90 Å². The van der Waals surface area contributed by atoms with Crippen molar-refractivity contribution in [2.24, 2.45) is 0 Å². The summed E-state index contributed by atoms with van der Waals surface area (Å²) in [5, 5.41) is 7.01. The lowest BCUT2D eigenvalue weighted by Gasteiger charge is -2.15. The van der Waals surface area contributed by atoms with Crippen LogP contribution in [0.1, 0.15) is 20.3 Å². The van der Waals surface area contributed by atoms with Crippen LogP contribution in [0.25, 0.3) is 0 Å². The molecule has 0 amide bonds. The van der Waals surface area contributed by atoms with Gasteiger partial charge in [0.1, 0.15) is 0 Å². The van der Waals surface area contributed by atoms with Crippen LogP contribution in [0, 0.1) is 0 Å². The monoisotopic (exact) mass is 326 g/mol. The largest absolute Gasteiger partial charge is 0.490 e. The molecule has 0 bridgehead atoms. The number of hydrogen-bond donors (Lipinski definition) is 3. The van der Waals surface area contributed by atoms with Crippen molar-refractivity contribution in [1.29, 1.82) is 0 Å². The molecule has 0 saturated heterocycles. The second-order valence-electron chi connectivity index (χ2n) is 5.22. The summed E-state index contributed by atoms with van der Waals surface area (Å²) in [6.45, 7) is 7.10. The number of benzene rings is 1. The predicted octanol–water partition coefficient (Wildman–Crippen LogP) is 1.31. The highest BCUT2D eigenvalue weighted by atomic mass is 32.1. The average Bonchev–Trinajstić information content (AvgIpc) is 2.46. The normalized spacial score (nSPS) is 10.4. The molecular formula is C16H28N3O2S+. The van der Waals surface area contributed by atoms with Crippen molar-refractivity contribution in [1.82, 2.24) is 5.32 Å². The molecule has 0 aliphatic carbocycles. The molecule has 0 fully saturated rings. The van der Waals surface area contributed by atoms with Gasteiger partial charge in [0.25, 0.3) is 0 Å². The van der Waals surface area contributed by atoms with Crippen LogP contribution in [-0.4, -0.2) is 45.5 Å². The van der Waals surface area contributed by atoms with Crippen molar-refractivity contribution in [3.8, 4) is 11.5 Å². The zero-order chi connectivity index (χ0) is 16.4. The molecule has 0 aliphatic rings. The fourth-order valence-electron chi connectivity index (χ4n) is 1.95. The minimum Gasteiger partial charge on any atom is -0.490 e. The number of quaternary nitrogens is 1. The summed E-state index contributed by atoms with van der Waals surface area (Å²) in [6, 6.07) is 5.74. The van der Waals surface area contributed by atoms with Crippen LogP contribution in [0.15, 0.2) is 18.2 Å². The molecule has 0 atom stereocenters. The molecule has 0 aliphatic heterocycles. The first kappa shape index (κ1) is 18.5. The SMILES string of the molecule is CCOc1ccc(NC(=S)NCCC[NH+](C)C)cc1OCC. The third kappa shape index (κ3) is 6.95. The Morgan fingerprint density at radius 3 is 2.45 bits per heavy atom. The number of rotatable bonds is 9. The second kappa shape index (κ2) is 10.2. The molecule has 1 aromatic carbocycles. The molecule has 1 rings (SSSR count). The third-order valence-electron chi connectivity index (χ3n) is 2.94. The summed E-state index contributed by atoms with van der Waals surface area (Å²) in [5.74, 6) is 1.48. The molecule has 124 valence electrons. The topological polar surface area (TPSA) is 47.0 Å². The van der Waals surface area contributed by atoms with Gasteiger partial charge in [-0.1, -0.05) is 0 Å². The second-order valence-corrected chi connectivity index (χ2v) is 5.63. The maximum Gasteiger partial charge on any atom is 0.170 e. The standard InChI is InChI=1S/C16H27N3O2S/c1-5-20-14-9-8-13(12-15(14)21-6-2)18-16(22)17-10-7-11-19(3)4/h8-9,12H,5-7,10-11H2,1-4H3,(H2,17,18,22)/p+1. The maximum absolute atomic E-state index is 5.61. The van der Waals surface area contributed by atoms with Gasteiger partial charge in [-0.05, 0) is 38.2 Å². The molecule has 0 spiro atoms. The van der Waals surface area contributed by atoms with Gasteiger partial charge in [-0.15, -0.1) is 0 Å². The van der Waals surface area contributed by atoms with Crippen molar-refractivity contribution in [3.05, 3.63) is 18.2 Å². The van der Waals surface area contributed by atoms with Crippen LogP contribution >= 0.6 is 12.2 Å². The summed E-state index contributed by atoms with van der Waals surface area (Å²) in [6.07, 6.45) is 1.08. The average molecular weight is 326 g/mol. The van der Waals surface area contributed by atoms with Crippen molar-refractivity contribution >= 4 is 23.0 Å². The molecule has 6 heteroatoms. The highest BCUT2D eigenvalue weighted by Gasteiger charge is 2.07. The van der Waals surface area contributed by atoms with E-state index in [-0.39, 0.29) is 0 Å². The van der Waals surface area contributed by atoms with Gasteiger partial charge in [0.05, 0.1) is 33.9 Å².